The Morgan fingerprint density at radius 2 is 1.77 bits per heavy atom. The van der Waals surface area contributed by atoms with Gasteiger partial charge in [0, 0.05) is 22.4 Å². The highest BCUT2D eigenvalue weighted by molar-refractivity contribution is 6.32. The molecular formula is C32H33Cl2FO4. The molecule has 39 heavy (non-hydrogen) atoms. The third-order valence-corrected chi connectivity index (χ3v) is 7.86. The van der Waals surface area contributed by atoms with E-state index in [1.165, 1.54) is 12.1 Å². The summed E-state index contributed by atoms with van der Waals surface area (Å²) in [6.45, 7) is 11.9. The monoisotopic (exact) mass is 570 g/mol. The molecule has 1 aliphatic heterocycles. The summed E-state index contributed by atoms with van der Waals surface area (Å²) in [7, 11) is 0. The first-order valence-electron chi connectivity index (χ1n) is 12.9. The number of hydrogen-bond donors (Lipinski definition) is 1. The Morgan fingerprint density at radius 3 is 2.38 bits per heavy atom. The number of carbonyl (C=O) groups is 1. The number of rotatable bonds is 7. The molecule has 0 saturated carbocycles. The molecule has 4 atom stereocenters. The van der Waals surface area contributed by atoms with Crippen LogP contribution in [0.4, 0.5) is 4.39 Å². The fourth-order valence-electron chi connectivity index (χ4n) is 5.22. The fraction of sp³-hybridized carbons (Fsp3) is 0.344. The van der Waals surface area contributed by atoms with Gasteiger partial charge in [0.15, 0.2) is 6.61 Å². The summed E-state index contributed by atoms with van der Waals surface area (Å²) in [4.78, 5) is 11.4. The Kier molecular flexibility index (Phi) is 8.75. The number of aliphatic carboxylic acids is 1. The van der Waals surface area contributed by atoms with E-state index in [2.05, 4.69) is 27.4 Å². The topological polar surface area (TPSA) is 55.8 Å². The van der Waals surface area contributed by atoms with Crippen molar-refractivity contribution in [2.24, 2.45) is 5.92 Å². The van der Waals surface area contributed by atoms with E-state index in [1.807, 2.05) is 43.3 Å². The molecule has 0 radical (unpaired) electrons. The third kappa shape index (κ3) is 6.49. The van der Waals surface area contributed by atoms with E-state index in [-0.39, 0.29) is 28.8 Å². The average molecular weight is 572 g/mol. The summed E-state index contributed by atoms with van der Waals surface area (Å²) in [6, 6.07) is 17.8. The van der Waals surface area contributed by atoms with Crippen molar-refractivity contribution in [1.29, 1.82) is 0 Å². The van der Waals surface area contributed by atoms with Gasteiger partial charge in [-0.2, -0.15) is 0 Å². The maximum atomic E-state index is 14.4. The molecule has 1 fully saturated rings. The molecule has 1 aliphatic rings. The van der Waals surface area contributed by atoms with Crippen LogP contribution in [-0.2, 0) is 14.9 Å². The lowest BCUT2D eigenvalue weighted by Crippen LogP contribution is -2.32. The number of carboxylic acid groups (broad SMARTS) is 1. The molecule has 3 aromatic carbocycles. The summed E-state index contributed by atoms with van der Waals surface area (Å²) in [5.41, 5.74) is 3.80. The van der Waals surface area contributed by atoms with Gasteiger partial charge in [-0.1, -0.05) is 86.5 Å². The standard InChI is InChI=1S/C32H33Cl2FO4/c1-18(2)23-16-24(22-11-6-7-12-26(22)33)29(19-9-8-10-21(35)13-19)39-30(23)25-14-20(32(3,4)5)15-27(34)31(25)38-17-28(36)37/h6-15,23-24,29-30H,1,16-17H2,2-5H3,(H,36,37)/t23-,24-,29+,30+/m1/s1. The molecule has 1 N–H and O–H groups in total. The molecule has 0 bridgehead atoms. The molecule has 4 nitrogen and oxygen atoms in total. The normalized spacial score (nSPS) is 21.4. The molecule has 4 rings (SSSR count). The molecule has 1 saturated heterocycles. The highest BCUT2D eigenvalue weighted by atomic mass is 35.5. The van der Waals surface area contributed by atoms with Crippen LogP contribution < -0.4 is 4.74 Å². The lowest BCUT2D eigenvalue weighted by molar-refractivity contribution is -0.139. The number of benzene rings is 3. The van der Waals surface area contributed by atoms with Gasteiger partial charge in [-0.25, -0.2) is 9.18 Å². The number of halogens is 3. The number of carboxylic acids is 1. The van der Waals surface area contributed by atoms with E-state index >= 15 is 0 Å². The molecule has 7 heteroatoms. The third-order valence-electron chi connectivity index (χ3n) is 7.23. The van der Waals surface area contributed by atoms with Gasteiger partial charge in [-0.3, -0.25) is 0 Å². The number of ether oxygens (including phenoxy) is 2. The van der Waals surface area contributed by atoms with Crippen LogP contribution in [0.1, 0.15) is 74.5 Å². The Morgan fingerprint density at radius 1 is 1.05 bits per heavy atom. The zero-order chi connectivity index (χ0) is 28.5. The maximum Gasteiger partial charge on any atom is 0.341 e. The van der Waals surface area contributed by atoms with Crippen molar-refractivity contribution < 1.29 is 23.8 Å². The van der Waals surface area contributed by atoms with Crippen molar-refractivity contribution in [2.75, 3.05) is 6.61 Å². The Labute approximate surface area is 239 Å². The van der Waals surface area contributed by atoms with E-state index < -0.39 is 24.8 Å². The van der Waals surface area contributed by atoms with Crippen LogP contribution in [0.3, 0.4) is 0 Å². The predicted molar refractivity (Wildman–Crippen MR) is 153 cm³/mol. The fourth-order valence-corrected chi connectivity index (χ4v) is 5.78. The zero-order valence-corrected chi connectivity index (χ0v) is 24.0. The molecule has 0 aromatic heterocycles. The lowest BCUT2D eigenvalue weighted by atomic mass is 9.73. The van der Waals surface area contributed by atoms with Gasteiger partial charge in [-0.15, -0.1) is 0 Å². The Hall–Kier alpha value is -2.86. The summed E-state index contributed by atoms with van der Waals surface area (Å²) < 4.78 is 27.1. The number of hydrogen-bond acceptors (Lipinski definition) is 3. The van der Waals surface area contributed by atoms with Crippen molar-refractivity contribution in [3.05, 3.63) is 111 Å². The summed E-state index contributed by atoms with van der Waals surface area (Å²) in [6.07, 6.45) is -0.524. The molecule has 0 aliphatic carbocycles. The summed E-state index contributed by atoms with van der Waals surface area (Å²) >= 11 is 13.4. The van der Waals surface area contributed by atoms with Gasteiger partial charge in [0.05, 0.1) is 17.2 Å². The molecule has 3 aromatic rings. The highest BCUT2D eigenvalue weighted by Crippen LogP contribution is 2.55. The van der Waals surface area contributed by atoms with Gasteiger partial charge < -0.3 is 14.6 Å². The SMILES string of the molecule is C=C(C)[C@H]1C[C@H](c2ccccc2Cl)[C@H](c2cccc(F)c2)O[C@@H]1c1cc(C(C)(C)C)cc(Cl)c1OCC(=O)O. The van der Waals surface area contributed by atoms with Crippen LogP contribution in [0.15, 0.2) is 72.8 Å². The van der Waals surface area contributed by atoms with E-state index in [0.717, 1.165) is 16.7 Å². The molecule has 0 amide bonds. The average Bonchev–Trinajstić information content (AvgIpc) is 2.86. The second-order valence-corrected chi connectivity index (χ2v) is 12.0. The molecule has 0 unspecified atom stereocenters. The zero-order valence-electron chi connectivity index (χ0n) is 22.5. The van der Waals surface area contributed by atoms with Gasteiger partial charge in [0.2, 0.25) is 0 Å². The smallest absolute Gasteiger partial charge is 0.341 e. The minimum absolute atomic E-state index is 0.186. The van der Waals surface area contributed by atoms with E-state index in [9.17, 15) is 14.3 Å². The van der Waals surface area contributed by atoms with Crippen LogP contribution in [0.5, 0.6) is 5.75 Å². The van der Waals surface area contributed by atoms with Crippen molar-refractivity contribution >= 4 is 29.2 Å². The second kappa shape index (κ2) is 11.7. The van der Waals surface area contributed by atoms with Crippen molar-refractivity contribution in [2.45, 2.75) is 57.7 Å². The van der Waals surface area contributed by atoms with Crippen molar-refractivity contribution in [3.63, 3.8) is 0 Å². The first-order valence-corrected chi connectivity index (χ1v) is 13.6. The second-order valence-electron chi connectivity index (χ2n) is 11.2. The van der Waals surface area contributed by atoms with Crippen LogP contribution in [0.2, 0.25) is 10.0 Å². The maximum absolute atomic E-state index is 14.4. The Balaban J connectivity index is 1.91. The largest absolute Gasteiger partial charge is 0.480 e. The summed E-state index contributed by atoms with van der Waals surface area (Å²) in [5.74, 6) is -1.60. The van der Waals surface area contributed by atoms with Crippen molar-refractivity contribution in [1.82, 2.24) is 0 Å². The molecular weight excluding hydrogens is 538 g/mol. The van der Waals surface area contributed by atoms with Crippen molar-refractivity contribution in [3.8, 4) is 5.75 Å². The van der Waals surface area contributed by atoms with Gasteiger partial charge >= 0.3 is 5.97 Å². The van der Waals surface area contributed by atoms with Crippen LogP contribution in [0, 0.1) is 11.7 Å². The minimum atomic E-state index is -1.12. The lowest BCUT2D eigenvalue weighted by Gasteiger charge is -2.43. The van der Waals surface area contributed by atoms with E-state index in [1.54, 1.807) is 12.1 Å². The quantitative estimate of drug-likeness (QED) is 0.288. The molecule has 0 spiro atoms. The molecule has 1 heterocycles. The molecule has 206 valence electrons. The van der Waals surface area contributed by atoms with Crippen LogP contribution in [-0.4, -0.2) is 17.7 Å². The predicted octanol–water partition coefficient (Wildman–Crippen LogP) is 9.07. The minimum Gasteiger partial charge on any atom is -0.480 e. The van der Waals surface area contributed by atoms with E-state index in [0.29, 0.717) is 27.6 Å². The van der Waals surface area contributed by atoms with Gasteiger partial charge in [0.1, 0.15) is 11.6 Å². The van der Waals surface area contributed by atoms with Gasteiger partial charge in [0.25, 0.3) is 0 Å². The highest BCUT2D eigenvalue weighted by Gasteiger charge is 2.43. The first-order chi connectivity index (χ1) is 18.4. The van der Waals surface area contributed by atoms with Crippen LogP contribution >= 0.6 is 23.2 Å². The summed E-state index contributed by atoms with van der Waals surface area (Å²) in [5, 5.41) is 10.2. The van der Waals surface area contributed by atoms with E-state index in [4.69, 9.17) is 32.7 Å². The van der Waals surface area contributed by atoms with Crippen LogP contribution in [0.25, 0.3) is 0 Å². The Bertz CT molecular complexity index is 1380. The first kappa shape index (κ1) is 29.1. The van der Waals surface area contributed by atoms with Gasteiger partial charge in [-0.05, 0) is 65.8 Å².